The molecule has 42 valence electrons. The average molecular weight is 110 g/mol. The quantitative estimate of drug-likeness (QED) is 0.489. The molecule has 0 aromatic carbocycles. The Morgan fingerprint density at radius 2 is 2.50 bits per heavy atom. The van der Waals surface area contributed by atoms with Gasteiger partial charge in [0.25, 0.3) is 0 Å². The molecule has 0 fully saturated rings. The fourth-order valence-electron chi connectivity index (χ4n) is 0.351. The monoisotopic (exact) mass is 110 g/mol. The van der Waals surface area contributed by atoms with Gasteiger partial charge in [-0.2, -0.15) is 0 Å². The summed E-state index contributed by atoms with van der Waals surface area (Å²) in [6.45, 7) is 0. The summed E-state index contributed by atoms with van der Waals surface area (Å²) in [6.07, 6.45) is 6.21. The highest BCUT2D eigenvalue weighted by Crippen LogP contribution is 1.90. The summed E-state index contributed by atoms with van der Waals surface area (Å²) in [7, 11) is 0. The maximum atomic E-state index is 5.34. The lowest BCUT2D eigenvalue weighted by Gasteiger charge is -1.81. The second-order valence-corrected chi connectivity index (χ2v) is 1.33. The topological polar surface area (TPSA) is 47.6 Å². The second kappa shape index (κ2) is 2.16. The van der Waals surface area contributed by atoms with Gasteiger partial charge in [-0.1, -0.05) is 5.16 Å². The third-order valence-corrected chi connectivity index (χ3v) is 0.710. The van der Waals surface area contributed by atoms with E-state index in [-0.39, 0.29) is 0 Å². The predicted molar refractivity (Wildman–Crippen MR) is 31.0 cm³/mol. The molecule has 1 heterocycles. The van der Waals surface area contributed by atoms with Crippen LogP contribution in [0.3, 0.4) is 0 Å². The minimum atomic E-state index is 0.645. The number of nitrogens with zero attached hydrogens (tertiary/aromatic N) is 1. The van der Waals surface area contributed by atoms with E-state index in [2.05, 4.69) is 9.99 Å². The van der Waals surface area contributed by atoms with Gasteiger partial charge in [0, 0.05) is 5.70 Å². The zero-order chi connectivity index (χ0) is 5.82. The smallest absolute Gasteiger partial charge is 0.124 e. The van der Waals surface area contributed by atoms with Crippen LogP contribution in [0.5, 0.6) is 0 Å². The molecule has 0 aromatic rings. The van der Waals surface area contributed by atoms with Crippen LogP contribution in [0.2, 0.25) is 0 Å². The van der Waals surface area contributed by atoms with Gasteiger partial charge >= 0.3 is 0 Å². The third kappa shape index (κ3) is 1.11. The zero-order valence-corrected chi connectivity index (χ0v) is 4.24. The van der Waals surface area contributed by atoms with Gasteiger partial charge in [-0.05, 0) is 12.2 Å². The summed E-state index contributed by atoms with van der Waals surface area (Å²) < 4.78 is 0. The highest BCUT2D eigenvalue weighted by atomic mass is 16.6. The Kier molecular flexibility index (Phi) is 1.32. The van der Waals surface area contributed by atoms with Crippen LogP contribution in [0.1, 0.15) is 0 Å². The molecule has 0 saturated carbocycles. The Balaban J connectivity index is 2.73. The highest BCUT2D eigenvalue weighted by molar-refractivity contribution is 5.72. The first-order valence-electron chi connectivity index (χ1n) is 2.21. The molecule has 1 aliphatic rings. The standard InChI is InChI=1S/C5H6N2O/c6-5-1-3-7-8-4-2-5/h1-4H,6H2. The maximum absolute atomic E-state index is 5.34. The first-order valence-corrected chi connectivity index (χ1v) is 2.21. The first-order chi connectivity index (χ1) is 3.89. The molecule has 8 heavy (non-hydrogen) atoms. The fourth-order valence-corrected chi connectivity index (χ4v) is 0.351. The van der Waals surface area contributed by atoms with Crippen LogP contribution in [0.15, 0.2) is 29.3 Å². The van der Waals surface area contributed by atoms with Gasteiger partial charge in [0.05, 0.1) is 6.21 Å². The van der Waals surface area contributed by atoms with Crippen molar-refractivity contribution in [2.24, 2.45) is 10.9 Å². The fraction of sp³-hybridized carbons (Fsp3) is 0. The molecule has 0 bridgehead atoms. The first kappa shape index (κ1) is 4.90. The molecular formula is C5H6N2O. The summed E-state index contributed by atoms with van der Waals surface area (Å²) in [5.74, 6) is 0. The number of rotatable bonds is 0. The van der Waals surface area contributed by atoms with Crippen molar-refractivity contribution in [1.82, 2.24) is 0 Å². The molecule has 0 unspecified atom stereocenters. The largest absolute Gasteiger partial charge is 0.399 e. The third-order valence-electron chi connectivity index (χ3n) is 0.710. The molecule has 1 rings (SSSR count). The molecule has 3 nitrogen and oxygen atoms in total. The van der Waals surface area contributed by atoms with Crippen LogP contribution in [0, 0.1) is 0 Å². The van der Waals surface area contributed by atoms with E-state index in [1.165, 1.54) is 12.5 Å². The minimum Gasteiger partial charge on any atom is -0.399 e. The van der Waals surface area contributed by atoms with Crippen LogP contribution in [0.25, 0.3) is 0 Å². The van der Waals surface area contributed by atoms with E-state index in [0.29, 0.717) is 5.70 Å². The summed E-state index contributed by atoms with van der Waals surface area (Å²) in [5.41, 5.74) is 5.98. The zero-order valence-electron chi connectivity index (χ0n) is 4.24. The van der Waals surface area contributed by atoms with E-state index in [1.807, 2.05) is 0 Å². The summed E-state index contributed by atoms with van der Waals surface area (Å²) >= 11 is 0. The van der Waals surface area contributed by atoms with Gasteiger partial charge in [0.1, 0.15) is 6.26 Å². The molecule has 0 atom stereocenters. The van der Waals surface area contributed by atoms with Crippen molar-refractivity contribution in [3.05, 3.63) is 24.1 Å². The van der Waals surface area contributed by atoms with Crippen molar-refractivity contribution in [3.63, 3.8) is 0 Å². The second-order valence-electron chi connectivity index (χ2n) is 1.33. The molecule has 0 amide bonds. The van der Waals surface area contributed by atoms with Crippen LogP contribution in [-0.2, 0) is 4.84 Å². The minimum absolute atomic E-state index is 0.645. The number of allylic oxidation sites excluding steroid dienone is 2. The van der Waals surface area contributed by atoms with E-state index in [1.54, 1.807) is 12.2 Å². The molecule has 0 saturated heterocycles. The van der Waals surface area contributed by atoms with E-state index in [0.717, 1.165) is 0 Å². The van der Waals surface area contributed by atoms with Crippen LogP contribution < -0.4 is 5.73 Å². The van der Waals surface area contributed by atoms with Crippen molar-refractivity contribution >= 4 is 6.21 Å². The van der Waals surface area contributed by atoms with Crippen molar-refractivity contribution in [2.75, 3.05) is 0 Å². The van der Waals surface area contributed by atoms with Gasteiger partial charge in [0.15, 0.2) is 0 Å². The van der Waals surface area contributed by atoms with Gasteiger partial charge in [0.2, 0.25) is 0 Å². The molecule has 0 spiro atoms. The molecule has 2 N–H and O–H groups in total. The van der Waals surface area contributed by atoms with Crippen molar-refractivity contribution in [2.45, 2.75) is 0 Å². The van der Waals surface area contributed by atoms with Gasteiger partial charge < -0.3 is 10.6 Å². The number of hydrogen-bond donors (Lipinski definition) is 1. The number of nitrogens with two attached hydrogens (primary N) is 1. The molecule has 1 aliphatic heterocycles. The highest BCUT2D eigenvalue weighted by Gasteiger charge is 1.82. The lowest BCUT2D eigenvalue weighted by molar-refractivity contribution is 0.271. The average Bonchev–Trinajstić information content (AvgIpc) is 1.94. The van der Waals surface area contributed by atoms with E-state index in [9.17, 15) is 0 Å². The lowest BCUT2D eigenvalue weighted by atomic mass is 10.4. The normalized spacial score (nSPS) is 16.8. The van der Waals surface area contributed by atoms with Gasteiger partial charge in [-0.25, -0.2) is 0 Å². The van der Waals surface area contributed by atoms with E-state index in [4.69, 9.17) is 5.73 Å². The molecule has 0 radical (unpaired) electrons. The lowest BCUT2D eigenvalue weighted by Crippen LogP contribution is -1.90. The van der Waals surface area contributed by atoms with Crippen LogP contribution in [-0.4, -0.2) is 6.21 Å². The van der Waals surface area contributed by atoms with Gasteiger partial charge in [-0.15, -0.1) is 0 Å². The molecule has 0 aliphatic carbocycles. The Hall–Kier alpha value is -1.25. The van der Waals surface area contributed by atoms with Crippen LogP contribution in [0.4, 0.5) is 0 Å². The van der Waals surface area contributed by atoms with Crippen molar-refractivity contribution in [1.29, 1.82) is 0 Å². The number of oxime groups is 1. The molecular weight excluding hydrogens is 104 g/mol. The Morgan fingerprint density at radius 3 is 3.38 bits per heavy atom. The van der Waals surface area contributed by atoms with Crippen molar-refractivity contribution < 1.29 is 4.84 Å². The summed E-state index contributed by atoms with van der Waals surface area (Å²) in [4.78, 5) is 4.52. The predicted octanol–water partition coefficient (Wildman–Crippen LogP) is 0.359. The maximum Gasteiger partial charge on any atom is 0.124 e. The number of hydrogen-bond acceptors (Lipinski definition) is 3. The van der Waals surface area contributed by atoms with Crippen molar-refractivity contribution in [3.8, 4) is 0 Å². The Morgan fingerprint density at radius 1 is 1.62 bits per heavy atom. The van der Waals surface area contributed by atoms with Crippen LogP contribution >= 0.6 is 0 Å². The molecule has 0 aromatic heterocycles. The SMILES string of the molecule is NC1=CC=NOC=C1. The van der Waals surface area contributed by atoms with E-state index >= 15 is 0 Å². The van der Waals surface area contributed by atoms with Gasteiger partial charge in [-0.3, -0.25) is 0 Å². The Labute approximate surface area is 47.1 Å². The van der Waals surface area contributed by atoms with E-state index < -0.39 is 0 Å². The summed E-state index contributed by atoms with van der Waals surface area (Å²) in [6, 6.07) is 0. The molecule has 3 heteroatoms. The summed E-state index contributed by atoms with van der Waals surface area (Å²) in [5, 5.41) is 3.45. The Bertz CT molecular complexity index is 158.